The Labute approximate surface area is 121 Å². The predicted molar refractivity (Wildman–Crippen MR) is 71.3 cm³/mol. The van der Waals surface area contributed by atoms with Gasteiger partial charge in [-0.2, -0.15) is 0 Å². The van der Waals surface area contributed by atoms with Crippen molar-refractivity contribution < 1.29 is 23.5 Å². The van der Waals surface area contributed by atoms with E-state index in [2.05, 4.69) is 0 Å². The summed E-state index contributed by atoms with van der Waals surface area (Å²) in [5.41, 5.74) is 0.0574. The first-order valence-corrected chi connectivity index (χ1v) is 6.83. The summed E-state index contributed by atoms with van der Waals surface area (Å²) < 4.78 is 26.9. The Morgan fingerprint density at radius 3 is 2.62 bits per heavy atom. The van der Waals surface area contributed by atoms with Gasteiger partial charge >= 0.3 is 5.97 Å². The number of nitrogens with zero attached hydrogens (tertiary/aromatic N) is 1. The van der Waals surface area contributed by atoms with Crippen LogP contribution in [0.25, 0.3) is 0 Å². The molecule has 21 heavy (non-hydrogen) atoms. The maximum atomic E-state index is 13.7. The van der Waals surface area contributed by atoms with Crippen molar-refractivity contribution in [3.05, 3.63) is 35.4 Å². The van der Waals surface area contributed by atoms with Crippen LogP contribution < -0.4 is 0 Å². The molecule has 0 aromatic heterocycles. The second kappa shape index (κ2) is 6.20. The fraction of sp³-hybridized carbons (Fsp3) is 0.467. The molecular weight excluding hydrogens is 280 g/mol. The minimum Gasteiger partial charge on any atom is -0.481 e. The van der Waals surface area contributed by atoms with Crippen LogP contribution in [0.2, 0.25) is 0 Å². The van der Waals surface area contributed by atoms with Crippen molar-refractivity contribution in [3.8, 4) is 0 Å². The van der Waals surface area contributed by atoms with Crippen LogP contribution in [0.15, 0.2) is 18.2 Å². The molecule has 1 saturated carbocycles. The molecule has 0 heterocycles. The molecule has 1 aromatic rings. The highest BCUT2D eigenvalue weighted by Crippen LogP contribution is 2.39. The molecule has 1 amide bonds. The van der Waals surface area contributed by atoms with Gasteiger partial charge in [0.1, 0.15) is 0 Å². The number of carboxylic acid groups (broad SMARTS) is 1. The molecule has 0 spiro atoms. The molecule has 0 bridgehead atoms. The molecule has 0 radical (unpaired) electrons. The van der Waals surface area contributed by atoms with Gasteiger partial charge in [-0.1, -0.05) is 19.1 Å². The number of halogens is 2. The van der Waals surface area contributed by atoms with E-state index in [1.165, 1.54) is 17.0 Å². The van der Waals surface area contributed by atoms with Crippen molar-refractivity contribution >= 4 is 11.9 Å². The van der Waals surface area contributed by atoms with Crippen LogP contribution in [0.4, 0.5) is 8.78 Å². The third-order valence-electron chi connectivity index (χ3n) is 3.73. The van der Waals surface area contributed by atoms with E-state index in [4.69, 9.17) is 5.11 Å². The first-order valence-electron chi connectivity index (χ1n) is 6.83. The number of hydrogen-bond acceptors (Lipinski definition) is 2. The molecule has 2 rings (SSSR count). The van der Waals surface area contributed by atoms with Crippen molar-refractivity contribution in [2.75, 3.05) is 6.54 Å². The van der Waals surface area contributed by atoms with E-state index >= 15 is 0 Å². The van der Waals surface area contributed by atoms with Crippen molar-refractivity contribution in [1.29, 1.82) is 0 Å². The molecule has 0 unspecified atom stereocenters. The molecule has 1 aliphatic rings. The predicted octanol–water partition coefficient (Wildman–Crippen LogP) is 2.42. The van der Waals surface area contributed by atoms with E-state index in [1.54, 1.807) is 0 Å². The average molecular weight is 297 g/mol. The van der Waals surface area contributed by atoms with Gasteiger partial charge in [-0.15, -0.1) is 0 Å². The maximum absolute atomic E-state index is 13.7. The van der Waals surface area contributed by atoms with Gasteiger partial charge in [-0.25, -0.2) is 8.78 Å². The molecule has 1 N–H and O–H groups in total. The van der Waals surface area contributed by atoms with Crippen LogP contribution in [0.5, 0.6) is 0 Å². The number of amides is 1. The normalized spacial score (nSPS) is 20.1. The topological polar surface area (TPSA) is 57.6 Å². The first-order chi connectivity index (χ1) is 9.90. The average Bonchev–Trinajstić information content (AvgIpc) is 3.15. The van der Waals surface area contributed by atoms with Crippen LogP contribution in [0, 0.1) is 23.5 Å². The largest absolute Gasteiger partial charge is 0.481 e. The van der Waals surface area contributed by atoms with Crippen LogP contribution >= 0.6 is 0 Å². The Kier molecular flexibility index (Phi) is 4.55. The lowest BCUT2D eigenvalue weighted by Gasteiger charge is -2.22. The summed E-state index contributed by atoms with van der Waals surface area (Å²) in [4.78, 5) is 24.2. The third-order valence-corrected chi connectivity index (χ3v) is 3.73. The lowest BCUT2D eigenvalue weighted by atomic mass is 10.1. The Morgan fingerprint density at radius 2 is 2.05 bits per heavy atom. The summed E-state index contributed by atoms with van der Waals surface area (Å²) in [6.45, 7) is 1.81. The Bertz CT molecular complexity index is 562. The van der Waals surface area contributed by atoms with Crippen LogP contribution in [0.3, 0.4) is 0 Å². The zero-order valence-corrected chi connectivity index (χ0v) is 11.7. The van der Waals surface area contributed by atoms with Crippen LogP contribution in [-0.2, 0) is 16.1 Å². The van der Waals surface area contributed by atoms with Gasteiger partial charge in [0, 0.05) is 24.6 Å². The van der Waals surface area contributed by atoms with Gasteiger partial charge in [0.05, 0.1) is 6.42 Å². The fourth-order valence-electron chi connectivity index (χ4n) is 2.27. The summed E-state index contributed by atoms with van der Waals surface area (Å²) in [7, 11) is 0. The molecule has 1 fully saturated rings. The molecule has 2 atom stereocenters. The van der Waals surface area contributed by atoms with Crippen LogP contribution in [-0.4, -0.2) is 28.4 Å². The number of carbonyl (C=O) groups is 2. The standard InChI is InChI=1S/C15H17F2NO3/c1-9-7-11(9)15(21)18(6-5-13(19)20)8-10-3-2-4-12(16)14(10)17/h2-4,9,11H,5-8H2,1H3,(H,19,20)/t9-,11-/m1/s1. The molecule has 0 saturated heterocycles. The fourth-order valence-corrected chi connectivity index (χ4v) is 2.27. The molecule has 6 heteroatoms. The van der Waals surface area contributed by atoms with Gasteiger partial charge in [-0.05, 0) is 18.4 Å². The number of hydrogen-bond donors (Lipinski definition) is 1. The Hall–Kier alpha value is -1.98. The monoisotopic (exact) mass is 297 g/mol. The number of carbonyl (C=O) groups excluding carboxylic acids is 1. The van der Waals surface area contributed by atoms with Crippen molar-refractivity contribution in [3.63, 3.8) is 0 Å². The zero-order chi connectivity index (χ0) is 15.6. The minimum absolute atomic E-state index is 0.00661. The summed E-state index contributed by atoms with van der Waals surface area (Å²) >= 11 is 0. The summed E-state index contributed by atoms with van der Waals surface area (Å²) in [5, 5.41) is 8.74. The summed E-state index contributed by atoms with van der Waals surface area (Å²) in [6, 6.07) is 3.77. The van der Waals surface area contributed by atoms with Crippen LogP contribution in [0.1, 0.15) is 25.3 Å². The SMILES string of the molecule is C[C@@H]1C[C@H]1C(=O)N(CCC(=O)O)Cc1cccc(F)c1F. The van der Waals surface area contributed by atoms with Crippen molar-refractivity contribution in [1.82, 2.24) is 4.90 Å². The molecule has 1 aliphatic carbocycles. The van der Waals surface area contributed by atoms with E-state index in [1.807, 2.05) is 6.92 Å². The molecule has 114 valence electrons. The highest BCUT2D eigenvalue weighted by Gasteiger charge is 2.41. The van der Waals surface area contributed by atoms with E-state index in [0.717, 1.165) is 12.5 Å². The molecule has 4 nitrogen and oxygen atoms in total. The highest BCUT2D eigenvalue weighted by atomic mass is 19.2. The third kappa shape index (κ3) is 3.77. The van der Waals surface area contributed by atoms with Gasteiger partial charge in [-0.3, -0.25) is 9.59 Å². The molecular formula is C15H17F2NO3. The van der Waals surface area contributed by atoms with E-state index in [9.17, 15) is 18.4 Å². The Balaban J connectivity index is 2.12. The second-order valence-corrected chi connectivity index (χ2v) is 5.44. The minimum atomic E-state index is -1.03. The van der Waals surface area contributed by atoms with Gasteiger partial charge in [0.25, 0.3) is 0 Å². The van der Waals surface area contributed by atoms with Crippen molar-refractivity contribution in [2.24, 2.45) is 11.8 Å². The highest BCUT2D eigenvalue weighted by molar-refractivity contribution is 5.82. The zero-order valence-electron chi connectivity index (χ0n) is 11.7. The smallest absolute Gasteiger partial charge is 0.305 e. The van der Waals surface area contributed by atoms with Gasteiger partial charge in [0.2, 0.25) is 5.91 Å². The molecule has 1 aromatic carbocycles. The first kappa shape index (κ1) is 15.4. The van der Waals surface area contributed by atoms with Gasteiger partial charge < -0.3 is 10.0 Å². The molecule has 0 aliphatic heterocycles. The number of rotatable bonds is 6. The number of aliphatic carboxylic acids is 1. The summed E-state index contributed by atoms with van der Waals surface area (Å²) in [5.74, 6) is -3.05. The quantitative estimate of drug-likeness (QED) is 0.877. The number of carboxylic acids is 1. The lowest BCUT2D eigenvalue weighted by Crippen LogP contribution is -2.34. The maximum Gasteiger partial charge on any atom is 0.305 e. The summed E-state index contributed by atoms with van der Waals surface area (Å²) in [6.07, 6.45) is 0.539. The van der Waals surface area contributed by atoms with Crippen molar-refractivity contribution in [2.45, 2.75) is 26.3 Å². The van der Waals surface area contributed by atoms with E-state index in [0.29, 0.717) is 0 Å². The van der Waals surface area contributed by atoms with E-state index in [-0.39, 0.29) is 42.8 Å². The lowest BCUT2D eigenvalue weighted by molar-refractivity contribution is -0.139. The second-order valence-electron chi connectivity index (χ2n) is 5.44. The number of benzene rings is 1. The van der Waals surface area contributed by atoms with Gasteiger partial charge in [0.15, 0.2) is 11.6 Å². The Morgan fingerprint density at radius 1 is 1.38 bits per heavy atom. The van der Waals surface area contributed by atoms with E-state index < -0.39 is 17.6 Å².